The molecule has 1 aromatic heterocycles. The van der Waals surface area contributed by atoms with E-state index >= 15 is 0 Å². The zero-order chi connectivity index (χ0) is 23.9. The molecule has 6 heteroatoms. The predicted octanol–water partition coefficient (Wildman–Crippen LogP) is 5.22. The van der Waals surface area contributed by atoms with Crippen LogP contribution in [-0.2, 0) is 22.5 Å². The molecule has 0 radical (unpaired) electrons. The summed E-state index contributed by atoms with van der Waals surface area (Å²) in [5.41, 5.74) is 3.03. The van der Waals surface area contributed by atoms with Crippen LogP contribution in [0.1, 0.15) is 37.2 Å². The van der Waals surface area contributed by atoms with Crippen LogP contribution in [0.3, 0.4) is 0 Å². The molecule has 4 rings (SSSR count). The molecule has 1 atom stereocenters. The molecule has 0 N–H and O–H groups in total. The number of benzene rings is 2. The number of aryl methyl sites for hydroxylation is 1. The summed E-state index contributed by atoms with van der Waals surface area (Å²) in [5, 5.41) is 0. The fraction of sp³-hybridized carbons (Fsp3) is 0.357. The van der Waals surface area contributed by atoms with E-state index in [9.17, 15) is 4.79 Å². The highest BCUT2D eigenvalue weighted by Gasteiger charge is 2.38. The van der Waals surface area contributed by atoms with Gasteiger partial charge in [0.25, 0.3) is 5.91 Å². The fourth-order valence-corrected chi connectivity index (χ4v) is 4.12. The topological polar surface area (TPSA) is 58.3 Å². The van der Waals surface area contributed by atoms with Gasteiger partial charge in [0, 0.05) is 19.6 Å². The number of rotatable bonds is 10. The summed E-state index contributed by atoms with van der Waals surface area (Å²) >= 11 is 0. The second-order valence-electron chi connectivity index (χ2n) is 8.92. The second kappa shape index (κ2) is 11.2. The lowest BCUT2D eigenvalue weighted by atomic mass is 10.1. The number of furan rings is 1. The van der Waals surface area contributed by atoms with E-state index in [0.717, 1.165) is 29.0 Å². The van der Waals surface area contributed by atoms with Crippen LogP contribution in [-0.4, -0.2) is 42.1 Å². The number of guanidine groups is 1. The zero-order valence-corrected chi connectivity index (χ0v) is 20.2. The number of nitrogens with zero attached hydrogens (tertiary/aromatic N) is 3. The van der Waals surface area contributed by atoms with Gasteiger partial charge < -0.3 is 14.1 Å². The van der Waals surface area contributed by atoms with Gasteiger partial charge in [-0.15, -0.1) is 0 Å². The highest BCUT2D eigenvalue weighted by Crippen LogP contribution is 2.27. The molecule has 1 aliphatic rings. The van der Waals surface area contributed by atoms with E-state index in [4.69, 9.17) is 14.1 Å². The first-order valence-electron chi connectivity index (χ1n) is 11.9. The van der Waals surface area contributed by atoms with E-state index in [2.05, 4.69) is 4.90 Å². The molecule has 0 saturated heterocycles. The molecule has 0 aliphatic carbocycles. The molecular formula is C28H33N3O3. The Labute approximate surface area is 201 Å². The van der Waals surface area contributed by atoms with Crippen molar-refractivity contribution in [1.82, 2.24) is 4.90 Å². The molecule has 0 bridgehead atoms. The SMILES string of the molecule is Cc1cccc(N2C(=O)C(Cc3ccccc3)N=C2N(CCCOC(C)C)Cc2ccco2)c1. The molecule has 2 heterocycles. The number of hydrogen-bond donors (Lipinski definition) is 0. The summed E-state index contributed by atoms with van der Waals surface area (Å²) in [6.07, 6.45) is 3.24. The Bertz CT molecular complexity index is 1090. The number of amides is 1. The van der Waals surface area contributed by atoms with Gasteiger partial charge in [0.05, 0.1) is 24.6 Å². The second-order valence-corrected chi connectivity index (χ2v) is 8.92. The summed E-state index contributed by atoms with van der Waals surface area (Å²) in [4.78, 5) is 22.6. The Morgan fingerprint density at radius 1 is 1.09 bits per heavy atom. The Morgan fingerprint density at radius 3 is 2.62 bits per heavy atom. The lowest BCUT2D eigenvalue weighted by Crippen LogP contribution is -2.45. The Kier molecular flexibility index (Phi) is 7.80. The normalized spacial score (nSPS) is 15.8. The quantitative estimate of drug-likeness (QED) is 0.390. The van der Waals surface area contributed by atoms with E-state index < -0.39 is 6.04 Å². The monoisotopic (exact) mass is 459 g/mol. The average Bonchev–Trinajstić information content (AvgIpc) is 3.44. The van der Waals surface area contributed by atoms with Crippen molar-refractivity contribution in [3.8, 4) is 0 Å². The Balaban J connectivity index is 1.65. The Morgan fingerprint density at radius 2 is 1.91 bits per heavy atom. The van der Waals surface area contributed by atoms with Gasteiger partial charge in [-0.3, -0.25) is 4.79 Å². The highest BCUT2D eigenvalue weighted by atomic mass is 16.5. The molecule has 178 valence electrons. The zero-order valence-electron chi connectivity index (χ0n) is 20.2. The average molecular weight is 460 g/mol. The van der Waals surface area contributed by atoms with Crippen LogP contribution in [0.15, 0.2) is 82.4 Å². The maximum absolute atomic E-state index is 13.7. The molecule has 2 aromatic carbocycles. The highest BCUT2D eigenvalue weighted by molar-refractivity contribution is 6.22. The van der Waals surface area contributed by atoms with Crippen molar-refractivity contribution in [1.29, 1.82) is 0 Å². The Hall–Kier alpha value is -3.38. The van der Waals surface area contributed by atoms with Crippen LogP contribution in [0, 0.1) is 6.92 Å². The molecule has 0 spiro atoms. The van der Waals surface area contributed by atoms with Crippen LogP contribution in [0.2, 0.25) is 0 Å². The van der Waals surface area contributed by atoms with Gasteiger partial charge >= 0.3 is 0 Å². The molecule has 3 aromatic rings. The summed E-state index contributed by atoms with van der Waals surface area (Å²) < 4.78 is 11.4. The summed E-state index contributed by atoms with van der Waals surface area (Å²) in [6, 6.07) is 21.4. The van der Waals surface area contributed by atoms with Gasteiger partial charge in [-0.25, -0.2) is 9.89 Å². The van der Waals surface area contributed by atoms with Crippen LogP contribution in [0.25, 0.3) is 0 Å². The number of aliphatic imine (C=N–C) groups is 1. The van der Waals surface area contributed by atoms with Gasteiger partial charge in [-0.1, -0.05) is 42.5 Å². The van der Waals surface area contributed by atoms with Gasteiger partial charge in [0.1, 0.15) is 11.8 Å². The lowest BCUT2D eigenvalue weighted by Gasteiger charge is -2.29. The van der Waals surface area contributed by atoms with Gasteiger partial charge in [-0.05, 0) is 62.6 Å². The molecular weight excluding hydrogens is 426 g/mol. The van der Waals surface area contributed by atoms with Gasteiger partial charge in [0.15, 0.2) is 0 Å². The summed E-state index contributed by atoms with van der Waals surface area (Å²) in [5.74, 6) is 1.49. The van der Waals surface area contributed by atoms with Crippen molar-refractivity contribution in [2.45, 2.75) is 52.3 Å². The molecule has 34 heavy (non-hydrogen) atoms. The molecule has 0 saturated carbocycles. The third-order valence-electron chi connectivity index (χ3n) is 5.74. The molecule has 1 amide bonds. The first-order valence-corrected chi connectivity index (χ1v) is 11.9. The third-order valence-corrected chi connectivity index (χ3v) is 5.74. The minimum Gasteiger partial charge on any atom is -0.467 e. The van der Waals surface area contributed by atoms with E-state index in [1.807, 2.05) is 87.5 Å². The molecule has 1 unspecified atom stereocenters. The minimum absolute atomic E-state index is 0.00710. The summed E-state index contributed by atoms with van der Waals surface area (Å²) in [7, 11) is 0. The lowest BCUT2D eigenvalue weighted by molar-refractivity contribution is -0.118. The van der Waals surface area contributed by atoms with Crippen molar-refractivity contribution < 1.29 is 13.9 Å². The maximum Gasteiger partial charge on any atom is 0.259 e. The number of carbonyl (C=O) groups is 1. The third kappa shape index (κ3) is 5.94. The van der Waals surface area contributed by atoms with Crippen LogP contribution >= 0.6 is 0 Å². The van der Waals surface area contributed by atoms with E-state index in [1.54, 1.807) is 11.2 Å². The number of anilines is 1. The van der Waals surface area contributed by atoms with Crippen LogP contribution < -0.4 is 4.90 Å². The summed E-state index contributed by atoms with van der Waals surface area (Å²) in [6.45, 7) is 7.97. The van der Waals surface area contributed by atoms with Crippen molar-refractivity contribution in [2.24, 2.45) is 4.99 Å². The maximum atomic E-state index is 13.7. The first-order chi connectivity index (χ1) is 16.5. The number of ether oxygens (including phenoxy) is 1. The smallest absolute Gasteiger partial charge is 0.259 e. The van der Waals surface area contributed by atoms with Crippen molar-refractivity contribution >= 4 is 17.6 Å². The van der Waals surface area contributed by atoms with E-state index in [0.29, 0.717) is 32.1 Å². The van der Waals surface area contributed by atoms with Gasteiger partial charge in [-0.2, -0.15) is 0 Å². The largest absolute Gasteiger partial charge is 0.467 e. The van der Waals surface area contributed by atoms with Gasteiger partial charge in [0.2, 0.25) is 5.96 Å². The number of hydrogen-bond acceptors (Lipinski definition) is 5. The minimum atomic E-state index is -0.469. The van der Waals surface area contributed by atoms with Crippen molar-refractivity contribution in [2.75, 3.05) is 18.1 Å². The molecule has 0 fully saturated rings. The van der Waals surface area contributed by atoms with E-state index in [1.165, 1.54) is 0 Å². The molecule has 6 nitrogen and oxygen atoms in total. The molecule has 1 aliphatic heterocycles. The van der Waals surface area contributed by atoms with Crippen LogP contribution in [0.5, 0.6) is 0 Å². The van der Waals surface area contributed by atoms with E-state index in [-0.39, 0.29) is 12.0 Å². The van der Waals surface area contributed by atoms with Crippen molar-refractivity contribution in [3.05, 3.63) is 89.9 Å². The number of carbonyl (C=O) groups excluding carboxylic acids is 1. The van der Waals surface area contributed by atoms with Crippen LogP contribution in [0.4, 0.5) is 5.69 Å². The predicted molar refractivity (Wildman–Crippen MR) is 135 cm³/mol. The standard InChI is InChI=1S/C28H33N3O3/c1-21(2)33-17-9-15-30(20-25-14-8-16-34-25)28-29-26(19-23-11-5-4-6-12-23)27(32)31(28)24-13-7-10-22(3)18-24/h4-8,10-14,16,18,21,26H,9,15,17,19-20H2,1-3H3. The fourth-order valence-electron chi connectivity index (χ4n) is 4.12. The first kappa shape index (κ1) is 23.8. The van der Waals surface area contributed by atoms with Crippen molar-refractivity contribution in [3.63, 3.8) is 0 Å².